The summed E-state index contributed by atoms with van der Waals surface area (Å²) in [5.41, 5.74) is 0. The highest BCUT2D eigenvalue weighted by molar-refractivity contribution is 5.88. The molecule has 1 fully saturated rings. The number of likely N-dealkylation sites (tertiary alicyclic amines) is 1. The third-order valence-electron chi connectivity index (χ3n) is 2.68. The highest BCUT2D eigenvalue weighted by Gasteiger charge is 2.24. The fourth-order valence-electron chi connectivity index (χ4n) is 1.81. The van der Waals surface area contributed by atoms with Crippen LogP contribution in [0.1, 0.15) is 19.8 Å². The molecule has 1 unspecified atom stereocenters. The van der Waals surface area contributed by atoms with Gasteiger partial charge in [0.2, 0.25) is 5.91 Å². The first-order chi connectivity index (χ1) is 7.27. The molecular weight excluding hydrogens is 190 g/mol. The first-order valence-electron chi connectivity index (χ1n) is 5.47. The number of allylic oxidation sites excluding steroid dienone is 3. The van der Waals surface area contributed by atoms with Crippen LogP contribution in [0.25, 0.3) is 0 Å². The Morgan fingerprint density at radius 3 is 3.00 bits per heavy atom. The van der Waals surface area contributed by atoms with Gasteiger partial charge in [0, 0.05) is 25.8 Å². The van der Waals surface area contributed by atoms with E-state index in [4.69, 9.17) is 5.11 Å². The van der Waals surface area contributed by atoms with E-state index in [1.54, 1.807) is 12.2 Å². The lowest BCUT2D eigenvalue weighted by atomic mass is 10.1. The summed E-state index contributed by atoms with van der Waals surface area (Å²) in [6.45, 7) is 3.76. The molecule has 0 aromatic carbocycles. The number of carbonyl (C=O) groups excluding carboxylic acids is 1. The Balaban J connectivity index is 2.36. The van der Waals surface area contributed by atoms with Crippen molar-refractivity contribution in [2.75, 3.05) is 19.7 Å². The smallest absolute Gasteiger partial charge is 0.246 e. The number of rotatable bonds is 4. The summed E-state index contributed by atoms with van der Waals surface area (Å²) in [4.78, 5) is 13.5. The SMILES string of the molecule is CC=CC=CC(=O)N1CCC(CCO)C1. The molecule has 1 heterocycles. The van der Waals surface area contributed by atoms with Crippen molar-refractivity contribution in [3.8, 4) is 0 Å². The molecule has 1 aliphatic heterocycles. The van der Waals surface area contributed by atoms with E-state index in [9.17, 15) is 4.79 Å². The van der Waals surface area contributed by atoms with Crippen molar-refractivity contribution in [3.63, 3.8) is 0 Å². The zero-order chi connectivity index (χ0) is 11.1. The van der Waals surface area contributed by atoms with Gasteiger partial charge in [-0.05, 0) is 25.7 Å². The number of amides is 1. The van der Waals surface area contributed by atoms with E-state index in [0.29, 0.717) is 5.92 Å². The summed E-state index contributed by atoms with van der Waals surface area (Å²) in [7, 11) is 0. The van der Waals surface area contributed by atoms with Crippen LogP contribution in [-0.2, 0) is 4.79 Å². The second kappa shape index (κ2) is 6.40. The Bertz CT molecular complexity index is 258. The Hall–Kier alpha value is -1.09. The van der Waals surface area contributed by atoms with E-state index in [-0.39, 0.29) is 12.5 Å². The zero-order valence-electron chi connectivity index (χ0n) is 9.22. The monoisotopic (exact) mass is 209 g/mol. The van der Waals surface area contributed by atoms with Crippen LogP contribution in [0, 0.1) is 5.92 Å². The van der Waals surface area contributed by atoms with Crippen LogP contribution in [0.2, 0.25) is 0 Å². The van der Waals surface area contributed by atoms with Crippen LogP contribution in [0.15, 0.2) is 24.3 Å². The summed E-state index contributed by atoms with van der Waals surface area (Å²) >= 11 is 0. The number of aliphatic hydroxyl groups is 1. The molecule has 0 aromatic heterocycles. The van der Waals surface area contributed by atoms with Gasteiger partial charge in [0.15, 0.2) is 0 Å². The van der Waals surface area contributed by atoms with Crippen LogP contribution in [0.5, 0.6) is 0 Å². The van der Waals surface area contributed by atoms with Crippen molar-refractivity contribution in [1.82, 2.24) is 4.90 Å². The van der Waals surface area contributed by atoms with Gasteiger partial charge in [0.05, 0.1) is 0 Å². The molecular formula is C12H19NO2. The molecule has 3 nitrogen and oxygen atoms in total. The third kappa shape index (κ3) is 3.88. The average Bonchev–Trinajstić information content (AvgIpc) is 2.67. The van der Waals surface area contributed by atoms with Crippen LogP contribution < -0.4 is 0 Å². The lowest BCUT2D eigenvalue weighted by molar-refractivity contribution is -0.125. The maximum atomic E-state index is 11.6. The van der Waals surface area contributed by atoms with Crippen LogP contribution in [-0.4, -0.2) is 35.6 Å². The molecule has 0 saturated carbocycles. The van der Waals surface area contributed by atoms with Crippen molar-refractivity contribution in [2.45, 2.75) is 19.8 Å². The van der Waals surface area contributed by atoms with Crippen LogP contribution in [0.3, 0.4) is 0 Å². The molecule has 0 radical (unpaired) electrons. The van der Waals surface area contributed by atoms with Crippen molar-refractivity contribution in [2.24, 2.45) is 5.92 Å². The van der Waals surface area contributed by atoms with Gasteiger partial charge in [-0.1, -0.05) is 18.2 Å². The first kappa shape index (κ1) is 12.0. The number of nitrogens with zero attached hydrogens (tertiary/aromatic N) is 1. The molecule has 3 heteroatoms. The lowest BCUT2D eigenvalue weighted by Crippen LogP contribution is -2.26. The minimum atomic E-state index is 0.0774. The Morgan fingerprint density at radius 2 is 2.33 bits per heavy atom. The predicted molar refractivity (Wildman–Crippen MR) is 60.3 cm³/mol. The molecule has 1 atom stereocenters. The second-order valence-corrected chi connectivity index (χ2v) is 3.84. The van der Waals surface area contributed by atoms with Crippen LogP contribution >= 0.6 is 0 Å². The molecule has 15 heavy (non-hydrogen) atoms. The van der Waals surface area contributed by atoms with Gasteiger partial charge in [-0.25, -0.2) is 0 Å². The highest BCUT2D eigenvalue weighted by Crippen LogP contribution is 2.19. The highest BCUT2D eigenvalue weighted by atomic mass is 16.3. The molecule has 1 amide bonds. The topological polar surface area (TPSA) is 40.5 Å². The Morgan fingerprint density at radius 1 is 1.53 bits per heavy atom. The number of hydrogen-bond donors (Lipinski definition) is 1. The molecule has 0 spiro atoms. The van der Waals surface area contributed by atoms with Gasteiger partial charge >= 0.3 is 0 Å². The fraction of sp³-hybridized carbons (Fsp3) is 0.583. The Labute approximate surface area is 91.1 Å². The van der Waals surface area contributed by atoms with E-state index in [2.05, 4.69) is 0 Å². The molecule has 1 aliphatic rings. The van der Waals surface area contributed by atoms with Gasteiger partial charge in [0.1, 0.15) is 0 Å². The van der Waals surface area contributed by atoms with Crippen LogP contribution in [0.4, 0.5) is 0 Å². The standard InChI is InChI=1S/C12H19NO2/c1-2-3-4-5-12(15)13-8-6-11(10-13)7-9-14/h2-5,11,14H,6-10H2,1H3. The number of hydrogen-bond acceptors (Lipinski definition) is 2. The molecule has 0 aliphatic carbocycles. The minimum absolute atomic E-state index is 0.0774. The molecule has 84 valence electrons. The number of carbonyl (C=O) groups is 1. The molecule has 1 N–H and O–H groups in total. The summed E-state index contributed by atoms with van der Waals surface area (Å²) in [6, 6.07) is 0. The summed E-state index contributed by atoms with van der Waals surface area (Å²) in [5, 5.41) is 8.80. The van der Waals surface area contributed by atoms with Gasteiger partial charge in [-0.3, -0.25) is 4.79 Å². The normalized spacial score (nSPS) is 22.0. The first-order valence-corrected chi connectivity index (χ1v) is 5.47. The molecule has 0 bridgehead atoms. The zero-order valence-corrected chi connectivity index (χ0v) is 9.22. The van der Waals surface area contributed by atoms with Crippen molar-refractivity contribution >= 4 is 5.91 Å². The minimum Gasteiger partial charge on any atom is -0.396 e. The summed E-state index contributed by atoms with van der Waals surface area (Å²) in [5.74, 6) is 0.558. The second-order valence-electron chi connectivity index (χ2n) is 3.84. The van der Waals surface area contributed by atoms with E-state index >= 15 is 0 Å². The molecule has 0 aromatic rings. The maximum absolute atomic E-state index is 11.6. The maximum Gasteiger partial charge on any atom is 0.246 e. The Kier molecular flexibility index (Phi) is 5.12. The van der Waals surface area contributed by atoms with Crippen molar-refractivity contribution < 1.29 is 9.90 Å². The van der Waals surface area contributed by atoms with Gasteiger partial charge in [-0.15, -0.1) is 0 Å². The number of aliphatic hydroxyl groups excluding tert-OH is 1. The average molecular weight is 209 g/mol. The predicted octanol–water partition coefficient (Wildman–Crippen LogP) is 1.35. The lowest BCUT2D eigenvalue weighted by Gasteiger charge is -2.13. The fourth-order valence-corrected chi connectivity index (χ4v) is 1.81. The van der Waals surface area contributed by atoms with E-state index < -0.39 is 0 Å². The third-order valence-corrected chi connectivity index (χ3v) is 2.68. The van der Waals surface area contributed by atoms with E-state index in [0.717, 1.165) is 25.9 Å². The van der Waals surface area contributed by atoms with Crippen molar-refractivity contribution in [1.29, 1.82) is 0 Å². The summed E-state index contributed by atoms with van der Waals surface area (Å²) < 4.78 is 0. The van der Waals surface area contributed by atoms with E-state index in [1.807, 2.05) is 24.0 Å². The molecule has 1 saturated heterocycles. The van der Waals surface area contributed by atoms with E-state index in [1.165, 1.54) is 0 Å². The van der Waals surface area contributed by atoms with Gasteiger partial charge in [0.25, 0.3) is 0 Å². The largest absolute Gasteiger partial charge is 0.396 e. The summed E-state index contributed by atoms with van der Waals surface area (Å²) in [6.07, 6.45) is 8.93. The van der Waals surface area contributed by atoms with Gasteiger partial charge < -0.3 is 10.0 Å². The van der Waals surface area contributed by atoms with Gasteiger partial charge in [-0.2, -0.15) is 0 Å². The molecule has 1 rings (SSSR count). The van der Waals surface area contributed by atoms with Crippen molar-refractivity contribution in [3.05, 3.63) is 24.3 Å². The quantitative estimate of drug-likeness (QED) is 0.561.